The monoisotopic (exact) mass is 337 g/mol. The quantitative estimate of drug-likeness (QED) is 0.666. The Balaban J connectivity index is 2.03. The van der Waals surface area contributed by atoms with E-state index >= 15 is 0 Å². The minimum atomic E-state index is -0.647. The van der Waals surface area contributed by atoms with E-state index in [1.807, 2.05) is 6.07 Å². The Bertz CT molecular complexity index is 769. The molecule has 0 bridgehead atoms. The molecule has 0 aliphatic carbocycles. The van der Waals surface area contributed by atoms with Crippen LogP contribution in [0, 0.1) is 21.4 Å². The first-order chi connectivity index (χ1) is 10.5. The summed E-state index contributed by atoms with van der Waals surface area (Å²) in [5.74, 6) is -0.584. The van der Waals surface area contributed by atoms with Crippen molar-refractivity contribution in [2.45, 2.75) is 0 Å². The molecule has 0 radical (unpaired) electrons. The molecule has 2 aromatic rings. The Labute approximate surface area is 133 Å². The Kier molecular flexibility index (Phi) is 4.93. The Morgan fingerprint density at radius 1 is 1.50 bits per heavy atom. The fourth-order valence-corrected chi connectivity index (χ4v) is 2.48. The molecule has 0 unspecified atom stereocenters. The average molecular weight is 338 g/mol. The van der Waals surface area contributed by atoms with Crippen LogP contribution in [0.3, 0.4) is 0 Å². The first kappa shape index (κ1) is 15.8. The van der Waals surface area contributed by atoms with Crippen molar-refractivity contribution in [3.05, 3.63) is 50.3 Å². The fraction of sp³-hybridized carbons (Fsp3) is 0.0769. The second-order valence-corrected chi connectivity index (χ2v) is 5.33. The number of nitro groups is 1. The lowest BCUT2D eigenvalue weighted by molar-refractivity contribution is -0.385. The van der Waals surface area contributed by atoms with E-state index in [0.29, 0.717) is 10.6 Å². The lowest BCUT2D eigenvalue weighted by Crippen LogP contribution is -2.20. The lowest BCUT2D eigenvalue weighted by Gasteiger charge is -2.07. The number of carbonyl (C=O) groups is 1. The highest BCUT2D eigenvalue weighted by atomic mass is 35.5. The number of hydrogen-bond acceptors (Lipinski definition) is 6. The van der Waals surface area contributed by atoms with Crippen LogP contribution in [0.2, 0.25) is 5.02 Å². The topological polar surface area (TPSA) is 105 Å². The maximum absolute atomic E-state index is 11.8. The predicted molar refractivity (Wildman–Crippen MR) is 81.3 cm³/mol. The summed E-state index contributed by atoms with van der Waals surface area (Å²) in [4.78, 5) is 22.0. The summed E-state index contributed by atoms with van der Waals surface area (Å²) in [6.07, 6.45) is 0. The number of rotatable bonds is 5. The normalized spacial score (nSPS) is 9.82. The van der Waals surface area contributed by atoms with E-state index in [1.54, 1.807) is 11.4 Å². The van der Waals surface area contributed by atoms with Crippen LogP contribution in [0.1, 0.15) is 5.56 Å². The van der Waals surface area contributed by atoms with Gasteiger partial charge in [0.05, 0.1) is 10.5 Å². The van der Waals surface area contributed by atoms with Gasteiger partial charge in [0.2, 0.25) is 0 Å². The number of nitro benzene ring substituents is 1. The molecule has 1 N–H and O–H groups in total. The zero-order chi connectivity index (χ0) is 16.1. The van der Waals surface area contributed by atoms with E-state index < -0.39 is 17.4 Å². The van der Waals surface area contributed by atoms with Gasteiger partial charge < -0.3 is 10.1 Å². The van der Waals surface area contributed by atoms with Gasteiger partial charge >= 0.3 is 5.69 Å². The number of halogens is 1. The highest BCUT2D eigenvalue weighted by Gasteiger charge is 2.17. The van der Waals surface area contributed by atoms with Crippen LogP contribution in [-0.2, 0) is 4.79 Å². The largest absolute Gasteiger partial charge is 0.477 e. The molecule has 0 aliphatic rings. The van der Waals surface area contributed by atoms with Crippen molar-refractivity contribution in [2.24, 2.45) is 0 Å². The van der Waals surface area contributed by atoms with E-state index in [0.717, 1.165) is 6.07 Å². The molecule has 1 heterocycles. The number of hydrogen-bond donors (Lipinski definition) is 1. The number of nitrogens with zero attached hydrogens (tertiary/aromatic N) is 2. The Morgan fingerprint density at radius 3 is 2.95 bits per heavy atom. The molecule has 1 aromatic heterocycles. The summed E-state index contributed by atoms with van der Waals surface area (Å²) in [7, 11) is 0. The van der Waals surface area contributed by atoms with E-state index in [9.17, 15) is 14.9 Å². The molecular formula is C13H8ClN3O4S. The molecule has 1 amide bonds. The van der Waals surface area contributed by atoms with E-state index in [1.165, 1.54) is 23.5 Å². The minimum absolute atomic E-state index is 0.0590. The molecule has 0 spiro atoms. The zero-order valence-corrected chi connectivity index (χ0v) is 12.5. The van der Waals surface area contributed by atoms with Crippen LogP contribution in [-0.4, -0.2) is 17.4 Å². The summed E-state index contributed by atoms with van der Waals surface area (Å²) < 4.78 is 5.15. The molecule has 0 aliphatic heterocycles. The van der Waals surface area contributed by atoms with Crippen molar-refractivity contribution in [1.29, 1.82) is 5.26 Å². The number of nitrogens with one attached hydrogen (secondary N) is 1. The molecule has 2 rings (SSSR count). The minimum Gasteiger partial charge on any atom is -0.477 e. The van der Waals surface area contributed by atoms with Gasteiger partial charge in [-0.1, -0.05) is 11.6 Å². The number of thiophene rings is 1. The van der Waals surface area contributed by atoms with Crippen LogP contribution in [0.25, 0.3) is 0 Å². The van der Waals surface area contributed by atoms with Gasteiger partial charge in [0.1, 0.15) is 11.1 Å². The summed E-state index contributed by atoms with van der Waals surface area (Å²) in [5.41, 5.74) is 0.0185. The van der Waals surface area contributed by atoms with E-state index in [4.69, 9.17) is 21.6 Å². The zero-order valence-electron chi connectivity index (χ0n) is 10.9. The third kappa shape index (κ3) is 3.72. The highest BCUT2D eigenvalue weighted by Crippen LogP contribution is 2.30. The molecule has 9 heteroatoms. The van der Waals surface area contributed by atoms with Gasteiger partial charge in [-0.25, -0.2) is 0 Å². The van der Waals surface area contributed by atoms with Crippen LogP contribution in [0.4, 0.5) is 10.7 Å². The van der Waals surface area contributed by atoms with Crippen LogP contribution >= 0.6 is 22.9 Å². The smallest absolute Gasteiger partial charge is 0.312 e. The highest BCUT2D eigenvalue weighted by molar-refractivity contribution is 7.14. The number of amides is 1. The summed E-state index contributed by atoms with van der Waals surface area (Å²) >= 11 is 6.88. The predicted octanol–water partition coefficient (Wildman–Crippen LogP) is 3.20. The third-order valence-electron chi connectivity index (χ3n) is 2.52. The lowest BCUT2D eigenvalue weighted by atomic mass is 10.3. The number of nitriles is 1. The molecule has 0 saturated carbocycles. The molecule has 112 valence electrons. The molecule has 22 heavy (non-hydrogen) atoms. The number of ether oxygens (including phenoxy) is 1. The van der Waals surface area contributed by atoms with Crippen molar-refractivity contribution in [3.8, 4) is 11.8 Å². The second kappa shape index (κ2) is 6.89. The summed E-state index contributed by atoms with van der Waals surface area (Å²) in [6.45, 7) is -0.425. The molecule has 1 aromatic carbocycles. The van der Waals surface area contributed by atoms with Crippen LogP contribution < -0.4 is 10.1 Å². The van der Waals surface area contributed by atoms with Gasteiger partial charge in [0.25, 0.3) is 5.91 Å². The summed E-state index contributed by atoms with van der Waals surface area (Å²) in [6, 6.07) is 7.40. The molecule has 0 fully saturated rings. The Morgan fingerprint density at radius 2 is 2.27 bits per heavy atom. The second-order valence-electron chi connectivity index (χ2n) is 3.98. The van der Waals surface area contributed by atoms with Crippen molar-refractivity contribution in [2.75, 3.05) is 11.9 Å². The van der Waals surface area contributed by atoms with E-state index in [-0.39, 0.29) is 16.5 Å². The van der Waals surface area contributed by atoms with Crippen molar-refractivity contribution in [1.82, 2.24) is 0 Å². The van der Waals surface area contributed by atoms with Gasteiger partial charge in [-0.15, -0.1) is 11.3 Å². The van der Waals surface area contributed by atoms with E-state index in [2.05, 4.69) is 5.32 Å². The molecule has 0 saturated heterocycles. The number of benzene rings is 1. The third-order valence-corrected chi connectivity index (χ3v) is 3.58. The van der Waals surface area contributed by atoms with Crippen LogP contribution in [0.15, 0.2) is 29.6 Å². The summed E-state index contributed by atoms with van der Waals surface area (Å²) in [5, 5.41) is 24.5. The SMILES string of the molecule is N#Cc1ccsc1NC(=O)COc1ccc(Cl)cc1[N+](=O)[O-]. The fourth-order valence-electron chi connectivity index (χ4n) is 1.56. The average Bonchev–Trinajstić information content (AvgIpc) is 2.92. The van der Waals surface area contributed by atoms with Crippen LogP contribution in [0.5, 0.6) is 5.75 Å². The Hall–Kier alpha value is -2.63. The van der Waals surface area contributed by atoms with Crippen molar-refractivity contribution >= 4 is 39.5 Å². The van der Waals surface area contributed by atoms with Crippen molar-refractivity contribution < 1.29 is 14.5 Å². The van der Waals surface area contributed by atoms with Gasteiger partial charge in [0, 0.05) is 11.1 Å². The van der Waals surface area contributed by atoms with Gasteiger partial charge in [0.15, 0.2) is 12.4 Å². The van der Waals surface area contributed by atoms with Crippen molar-refractivity contribution in [3.63, 3.8) is 0 Å². The van der Waals surface area contributed by atoms with Gasteiger partial charge in [-0.3, -0.25) is 14.9 Å². The first-order valence-electron chi connectivity index (χ1n) is 5.85. The standard InChI is InChI=1S/C13H8ClN3O4S/c14-9-1-2-11(10(5-9)17(19)20)21-7-12(18)16-13-8(6-15)3-4-22-13/h1-5H,7H2,(H,16,18). The number of anilines is 1. The molecule has 7 nitrogen and oxygen atoms in total. The number of carbonyl (C=O) groups excluding carboxylic acids is 1. The first-order valence-corrected chi connectivity index (χ1v) is 7.11. The van der Waals surface area contributed by atoms with Gasteiger partial charge in [-0.05, 0) is 23.6 Å². The maximum atomic E-state index is 11.8. The molecule has 0 atom stereocenters. The van der Waals surface area contributed by atoms with Gasteiger partial charge in [-0.2, -0.15) is 5.26 Å². The maximum Gasteiger partial charge on any atom is 0.312 e. The molecular weight excluding hydrogens is 330 g/mol.